The van der Waals surface area contributed by atoms with Gasteiger partial charge in [0, 0.05) is 11.5 Å². The average Bonchev–Trinajstić information content (AvgIpc) is 2.98. The van der Waals surface area contributed by atoms with Crippen molar-refractivity contribution >= 4 is 17.2 Å². The van der Waals surface area contributed by atoms with Crippen molar-refractivity contribution < 1.29 is 14.3 Å². The first-order valence-electron chi connectivity index (χ1n) is 6.14. The highest BCUT2D eigenvalue weighted by Gasteiger charge is 2.19. The summed E-state index contributed by atoms with van der Waals surface area (Å²) in [5.74, 6) is 1.17. The Hall–Kier alpha value is -1.59. The molecule has 0 radical (unpaired) electrons. The molecule has 0 spiro atoms. The van der Waals surface area contributed by atoms with E-state index in [0.29, 0.717) is 17.7 Å². The second-order valence-corrected chi connectivity index (χ2v) is 5.36. The van der Waals surface area contributed by atoms with E-state index in [9.17, 15) is 4.79 Å². The summed E-state index contributed by atoms with van der Waals surface area (Å²) in [6.45, 7) is 3.62. The van der Waals surface area contributed by atoms with Crippen LogP contribution in [-0.2, 0) is 0 Å². The van der Waals surface area contributed by atoms with Crippen molar-refractivity contribution in [1.29, 1.82) is 0 Å². The van der Waals surface area contributed by atoms with Crippen molar-refractivity contribution in [1.82, 2.24) is 5.32 Å². The van der Waals surface area contributed by atoms with Crippen molar-refractivity contribution in [2.45, 2.75) is 26.3 Å². The van der Waals surface area contributed by atoms with E-state index in [1.165, 1.54) is 0 Å². The summed E-state index contributed by atoms with van der Waals surface area (Å²) in [5, 5.41) is 14.0. The molecule has 2 rings (SSSR count). The normalized spacial score (nSPS) is 12.4. The van der Waals surface area contributed by atoms with Crippen molar-refractivity contribution in [2.24, 2.45) is 0 Å². The molecule has 1 amide bonds. The van der Waals surface area contributed by atoms with E-state index in [1.54, 1.807) is 24.3 Å². The molecule has 1 unspecified atom stereocenters. The first-order chi connectivity index (χ1) is 9.11. The highest BCUT2D eigenvalue weighted by atomic mass is 32.1. The van der Waals surface area contributed by atoms with Gasteiger partial charge in [0.15, 0.2) is 0 Å². The molecular weight excluding hydrogens is 262 g/mol. The molecule has 1 atom stereocenters. The molecule has 0 fully saturated rings. The van der Waals surface area contributed by atoms with Gasteiger partial charge in [0.2, 0.25) is 0 Å². The predicted octanol–water partition coefficient (Wildman–Crippen LogP) is 2.81. The zero-order chi connectivity index (χ0) is 13.8. The minimum absolute atomic E-state index is 0.0340. The Morgan fingerprint density at radius 2 is 2.32 bits per heavy atom. The van der Waals surface area contributed by atoms with Crippen LogP contribution in [0.25, 0.3) is 0 Å². The number of hydrogen-bond acceptors (Lipinski definition) is 4. The van der Waals surface area contributed by atoms with E-state index >= 15 is 0 Å². The van der Waals surface area contributed by atoms with E-state index in [0.717, 1.165) is 10.6 Å². The molecule has 2 heterocycles. The summed E-state index contributed by atoms with van der Waals surface area (Å²) in [6, 6.07) is 5.46. The van der Waals surface area contributed by atoms with Crippen LogP contribution >= 0.6 is 11.3 Å². The van der Waals surface area contributed by atoms with Gasteiger partial charge in [-0.2, -0.15) is 0 Å². The molecule has 2 N–H and O–H groups in total. The van der Waals surface area contributed by atoms with Crippen LogP contribution in [0.2, 0.25) is 0 Å². The zero-order valence-electron chi connectivity index (χ0n) is 11.0. The van der Waals surface area contributed by atoms with Crippen LogP contribution in [0, 0.1) is 13.8 Å². The van der Waals surface area contributed by atoms with Crippen LogP contribution in [-0.4, -0.2) is 17.6 Å². The van der Waals surface area contributed by atoms with Gasteiger partial charge in [0.25, 0.3) is 5.91 Å². The van der Waals surface area contributed by atoms with Gasteiger partial charge in [-0.1, -0.05) is 6.07 Å². The Labute approximate surface area is 116 Å². The molecule has 19 heavy (non-hydrogen) atoms. The third kappa shape index (κ3) is 3.24. The quantitative estimate of drug-likeness (QED) is 0.884. The van der Waals surface area contributed by atoms with Crippen LogP contribution in [0.1, 0.15) is 39.2 Å². The highest BCUT2D eigenvalue weighted by molar-refractivity contribution is 7.10. The Balaban J connectivity index is 2.13. The molecule has 0 aliphatic heterocycles. The molecule has 0 aliphatic carbocycles. The van der Waals surface area contributed by atoms with E-state index in [1.807, 2.05) is 24.4 Å². The lowest BCUT2D eigenvalue weighted by molar-refractivity contribution is 0.0929. The van der Waals surface area contributed by atoms with Crippen LogP contribution < -0.4 is 5.32 Å². The number of aliphatic hydroxyl groups is 1. The van der Waals surface area contributed by atoms with E-state index in [-0.39, 0.29) is 18.6 Å². The number of furan rings is 1. The SMILES string of the molecule is Cc1cc(C(=O)NC(CCO)c2cccs2)c(C)o1. The van der Waals surface area contributed by atoms with Crippen molar-refractivity contribution in [2.75, 3.05) is 6.61 Å². The van der Waals surface area contributed by atoms with E-state index in [4.69, 9.17) is 9.52 Å². The first kappa shape index (κ1) is 13.8. The minimum atomic E-state index is -0.166. The van der Waals surface area contributed by atoms with Crippen molar-refractivity contribution in [3.8, 4) is 0 Å². The number of nitrogens with one attached hydrogen (secondary N) is 1. The fraction of sp³-hybridized carbons (Fsp3) is 0.357. The van der Waals surface area contributed by atoms with Crippen molar-refractivity contribution in [3.05, 3.63) is 45.5 Å². The van der Waals surface area contributed by atoms with Gasteiger partial charge in [-0.25, -0.2) is 0 Å². The number of rotatable bonds is 5. The smallest absolute Gasteiger partial charge is 0.255 e. The van der Waals surface area contributed by atoms with Gasteiger partial charge in [0.05, 0.1) is 11.6 Å². The summed E-state index contributed by atoms with van der Waals surface area (Å²) in [5.41, 5.74) is 0.553. The number of aliphatic hydroxyl groups excluding tert-OH is 1. The Bertz CT molecular complexity index is 545. The second-order valence-electron chi connectivity index (χ2n) is 4.38. The van der Waals surface area contributed by atoms with Gasteiger partial charge in [0.1, 0.15) is 11.5 Å². The summed E-state index contributed by atoms with van der Waals surface area (Å²) in [4.78, 5) is 13.3. The Morgan fingerprint density at radius 3 is 2.84 bits per heavy atom. The third-order valence-electron chi connectivity index (χ3n) is 2.90. The lowest BCUT2D eigenvalue weighted by Crippen LogP contribution is -2.28. The van der Waals surface area contributed by atoms with Crippen LogP contribution in [0.15, 0.2) is 28.0 Å². The van der Waals surface area contributed by atoms with E-state index < -0.39 is 0 Å². The van der Waals surface area contributed by atoms with Crippen LogP contribution in [0.4, 0.5) is 0 Å². The van der Waals surface area contributed by atoms with Crippen molar-refractivity contribution in [3.63, 3.8) is 0 Å². The molecule has 5 heteroatoms. The minimum Gasteiger partial charge on any atom is -0.466 e. The summed E-state index contributed by atoms with van der Waals surface area (Å²) < 4.78 is 5.36. The molecule has 2 aromatic rings. The predicted molar refractivity (Wildman–Crippen MR) is 74.4 cm³/mol. The molecule has 2 aromatic heterocycles. The summed E-state index contributed by atoms with van der Waals surface area (Å²) in [6.07, 6.45) is 0.502. The average molecular weight is 279 g/mol. The molecule has 102 valence electrons. The largest absolute Gasteiger partial charge is 0.466 e. The maximum absolute atomic E-state index is 12.2. The van der Waals surface area contributed by atoms with Crippen LogP contribution in [0.3, 0.4) is 0 Å². The number of amides is 1. The molecule has 0 saturated carbocycles. The number of hydrogen-bond donors (Lipinski definition) is 2. The molecule has 0 saturated heterocycles. The number of carbonyl (C=O) groups excluding carboxylic acids is 1. The fourth-order valence-corrected chi connectivity index (χ4v) is 2.81. The van der Waals surface area contributed by atoms with Gasteiger partial charge in [-0.3, -0.25) is 4.79 Å². The first-order valence-corrected chi connectivity index (χ1v) is 7.02. The monoisotopic (exact) mass is 279 g/mol. The summed E-state index contributed by atoms with van der Waals surface area (Å²) in [7, 11) is 0. The maximum atomic E-state index is 12.2. The zero-order valence-corrected chi connectivity index (χ0v) is 11.8. The second kappa shape index (κ2) is 6.04. The van der Waals surface area contributed by atoms with Gasteiger partial charge < -0.3 is 14.8 Å². The number of carbonyl (C=O) groups is 1. The number of aryl methyl sites for hydroxylation is 2. The molecule has 0 aromatic carbocycles. The van der Waals surface area contributed by atoms with Gasteiger partial charge in [-0.05, 0) is 37.8 Å². The standard InChI is InChI=1S/C14H17NO3S/c1-9-8-11(10(2)18-9)14(17)15-12(5-6-16)13-4-3-7-19-13/h3-4,7-8,12,16H,5-6H2,1-2H3,(H,15,17). The van der Waals surface area contributed by atoms with Gasteiger partial charge >= 0.3 is 0 Å². The highest BCUT2D eigenvalue weighted by Crippen LogP contribution is 2.23. The van der Waals surface area contributed by atoms with E-state index in [2.05, 4.69) is 5.32 Å². The lowest BCUT2D eigenvalue weighted by atomic mass is 10.1. The lowest BCUT2D eigenvalue weighted by Gasteiger charge is -2.16. The molecule has 4 nitrogen and oxygen atoms in total. The maximum Gasteiger partial charge on any atom is 0.255 e. The number of thiophene rings is 1. The fourth-order valence-electron chi connectivity index (χ4n) is 2.00. The Kier molecular flexibility index (Phi) is 4.39. The molecular formula is C14H17NO3S. The molecule has 0 aliphatic rings. The Morgan fingerprint density at radius 1 is 1.53 bits per heavy atom. The summed E-state index contributed by atoms with van der Waals surface area (Å²) >= 11 is 1.57. The van der Waals surface area contributed by atoms with Crippen LogP contribution in [0.5, 0.6) is 0 Å². The van der Waals surface area contributed by atoms with Gasteiger partial charge in [-0.15, -0.1) is 11.3 Å². The molecule has 0 bridgehead atoms. The third-order valence-corrected chi connectivity index (χ3v) is 3.88. The topological polar surface area (TPSA) is 62.5 Å².